The Morgan fingerprint density at radius 1 is 1.00 bits per heavy atom. The van der Waals surface area contributed by atoms with E-state index in [0.29, 0.717) is 29.9 Å². The molecule has 1 aliphatic rings. The van der Waals surface area contributed by atoms with Gasteiger partial charge in [0, 0.05) is 23.7 Å². The Morgan fingerprint density at radius 2 is 1.71 bits per heavy atom. The number of phenols is 1. The summed E-state index contributed by atoms with van der Waals surface area (Å²) in [6.07, 6.45) is -3.55. The predicted molar refractivity (Wildman–Crippen MR) is 126 cm³/mol. The molecule has 0 bridgehead atoms. The summed E-state index contributed by atoms with van der Waals surface area (Å²) in [5, 5.41) is 14.2. The number of para-hydroxylation sites is 1. The lowest BCUT2D eigenvalue weighted by atomic mass is 9.92. The minimum atomic E-state index is -4.40. The minimum Gasteiger partial charge on any atom is -0.504 e. The van der Waals surface area contributed by atoms with Crippen LogP contribution in [0.3, 0.4) is 0 Å². The summed E-state index contributed by atoms with van der Waals surface area (Å²) in [5.41, 5.74) is 3.53. The molecule has 4 nitrogen and oxygen atoms in total. The number of hydrogen-bond donors (Lipinski definition) is 2. The summed E-state index contributed by atoms with van der Waals surface area (Å²) in [5.74, 6) is 0.444. The quantitative estimate of drug-likeness (QED) is 0.429. The Balaban J connectivity index is 1.73. The van der Waals surface area contributed by atoms with Gasteiger partial charge in [-0.05, 0) is 48.2 Å². The summed E-state index contributed by atoms with van der Waals surface area (Å²) < 4.78 is 44.7. The van der Waals surface area contributed by atoms with E-state index in [-0.39, 0.29) is 11.8 Å². The topological polar surface area (TPSA) is 53.8 Å². The van der Waals surface area contributed by atoms with Crippen LogP contribution in [0.1, 0.15) is 60.3 Å². The maximum Gasteiger partial charge on any atom is 0.416 e. The van der Waals surface area contributed by atoms with Gasteiger partial charge in [-0.3, -0.25) is 10.3 Å². The second-order valence-electron chi connectivity index (χ2n) is 8.20. The van der Waals surface area contributed by atoms with E-state index >= 15 is 0 Å². The zero-order chi connectivity index (χ0) is 24.3. The number of aryl methyl sites for hydroxylation is 1. The summed E-state index contributed by atoms with van der Waals surface area (Å²) in [6.45, 7) is 4.35. The molecular formula is C27H27F3N2O2. The van der Waals surface area contributed by atoms with Crippen LogP contribution in [-0.4, -0.2) is 17.4 Å². The fourth-order valence-corrected chi connectivity index (χ4v) is 4.13. The van der Waals surface area contributed by atoms with Crippen molar-refractivity contribution < 1.29 is 23.0 Å². The monoisotopic (exact) mass is 468 g/mol. The maximum absolute atomic E-state index is 13.1. The van der Waals surface area contributed by atoms with Crippen LogP contribution >= 0.6 is 0 Å². The standard InChI is InChI=1S/C27H27F3N2O2/c1-3-17-8-10-18(11-9-17)22-16-23(21-6-5-7-24(25(21)33)34-4-2)32-26(31-22)19-12-14-20(15-13-19)27(28,29)30/h5-15,23,26,32-33H,3-4,16H2,1-2H3/t23-,26+/m1/s1. The number of aromatic hydroxyl groups is 1. The van der Waals surface area contributed by atoms with Crippen LogP contribution in [0, 0.1) is 0 Å². The minimum absolute atomic E-state index is 0.0515. The van der Waals surface area contributed by atoms with Crippen molar-refractivity contribution in [2.45, 2.75) is 45.1 Å². The third-order valence-electron chi connectivity index (χ3n) is 6.00. The molecule has 34 heavy (non-hydrogen) atoms. The molecule has 7 heteroatoms. The molecule has 0 amide bonds. The molecular weight excluding hydrogens is 441 g/mol. The van der Waals surface area contributed by atoms with Gasteiger partial charge in [0.1, 0.15) is 6.17 Å². The first-order valence-electron chi connectivity index (χ1n) is 11.3. The Bertz CT molecular complexity index is 1160. The lowest BCUT2D eigenvalue weighted by Gasteiger charge is -2.31. The van der Waals surface area contributed by atoms with Gasteiger partial charge < -0.3 is 9.84 Å². The van der Waals surface area contributed by atoms with Gasteiger partial charge in [0.05, 0.1) is 12.2 Å². The highest BCUT2D eigenvalue weighted by molar-refractivity contribution is 6.01. The smallest absolute Gasteiger partial charge is 0.416 e. The van der Waals surface area contributed by atoms with Crippen LogP contribution < -0.4 is 10.1 Å². The SMILES string of the molecule is CCOc1cccc([C@H]2CC(c3ccc(CC)cc3)=N[C@H](c3ccc(C(F)(F)F)cc3)N2)c1O. The second kappa shape index (κ2) is 9.89. The van der Waals surface area contributed by atoms with Crippen LogP contribution in [0.2, 0.25) is 0 Å². The maximum atomic E-state index is 13.1. The molecule has 0 radical (unpaired) electrons. The van der Waals surface area contributed by atoms with Crippen LogP contribution in [0.4, 0.5) is 13.2 Å². The fraction of sp³-hybridized carbons (Fsp3) is 0.296. The first-order valence-corrected chi connectivity index (χ1v) is 11.3. The van der Waals surface area contributed by atoms with Crippen molar-refractivity contribution in [1.82, 2.24) is 5.32 Å². The van der Waals surface area contributed by atoms with Gasteiger partial charge in [0.2, 0.25) is 0 Å². The van der Waals surface area contributed by atoms with E-state index in [1.165, 1.54) is 17.7 Å². The van der Waals surface area contributed by atoms with Crippen LogP contribution in [0.15, 0.2) is 71.7 Å². The van der Waals surface area contributed by atoms with E-state index < -0.39 is 17.9 Å². The number of hydrogen-bond acceptors (Lipinski definition) is 4. The number of benzene rings is 3. The molecule has 0 aliphatic carbocycles. The summed E-state index contributed by atoms with van der Waals surface area (Å²) in [4.78, 5) is 4.85. The van der Waals surface area contributed by atoms with Crippen molar-refractivity contribution in [3.05, 3.63) is 94.5 Å². The lowest BCUT2D eigenvalue weighted by Crippen LogP contribution is -2.33. The van der Waals surface area contributed by atoms with Gasteiger partial charge >= 0.3 is 6.18 Å². The number of phenolic OH excluding ortho intramolecular Hbond substituents is 1. The van der Waals surface area contributed by atoms with E-state index in [9.17, 15) is 18.3 Å². The van der Waals surface area contributed by atoms with Crippen LogP contribution in [0.5, 0.6) is 11.5 Å². The number of rotatable bonds is 6. The fourth-order valence-electron chi connectivity index (χ4n) is 4.13. The number of nitrogens with one attached hydrogen (secondary N) is 1. The van der Waals surface area contributed by atoms with E-state index in [1.807, 2.05) is 31.2 Å². The van der Waals surface area contributed by atoms with E-state index in [1.54, 1.807) is 6.07 Å². The van der Waals surface area contributed by atoms with E-state index in [2.05, 4.69) is 24.4 Å². The highest BCUT2D eigenvalue weighted by Crippen LogP contribution is 2.39. The molecule has 4 rings (SSSR count). The average Bonchev–Trinajstić information content (AvgIpc) is 2.85. The van der Waals surface area contributed by atoms with Gasteiger partial charge in [-0.1, -0.05) is 55.5 Å². The van der Waals surface area contributed by atoms with Crippen molar-refractivity contribution in [3.8, 4) is 11.5 Å². The van der Waals surface area contributed by atoms with Gasteiger partial charge in [-0.2, -0.15) is 13.2 Å². The average molecular weight is 469 g/mol. The van der Waals surface area contributed by atoms with Gasteiger partial charge in [-0.15, -0.1) is 0 Å². The number of nitrogens with zero attached hydrogens (tertiary/aromatic N) is 1. The zero-order valence-corrected chi connectivity index (χ0v) is 19.1. The summed E-state index contributed by atoms with van der Waals surface area (Å²) >= 11 is 0. The normalized spacial score (nSPS) is 18.4. The molecule has 2 N–H and O–H groups in total. The van der Waals surface area contributed by atoms with Gasteiger partial charge in [0.15, 0.2) is 11.5 Å². The highest BCUT2D eigenvalue weighted by atomic mass is 19.4. The second-order valence-corrected chi connectivity index (χ2v) is 8.20. The molecule has 0 spiro atoms. The third-order valence-corrected chi connectivity index (χ3v) is 6.00. The van der Waals surface area contributed by atoms with Crippen LogP contribution in [-0.2, 0) is 12.6 Å². The van der Waals surface area contributed by atoms with Gasteiger partial charge in [0.25, 0.3) is 0 Å². The summed E-state index contributed by atoms with van der Waals surface area (Å²) in [7, 11) is 0. The Labute approximate surface area is 197 Å². The van der Waals surface area contributed by atoms with E-state index in [0.717, 1.165) is 29.8 Å². The van der Waals surface area contributed by atoms with E-state index in [4.69, 9.17) is 9.73 Å². The number of halogens is 3. The molecule has 178 valence electrons. The number of alkyl halides is 3. The first-order chi connectivity index (χ1) is 16.3. The molecule has 3 aromatic carbocycles. The molecule has 1 aliphatic heterocycles. The molecule has 0 unspecified atom stereocenters. The molecule has 0 saturated carbocycles. The first kappa shape index (κ1) is 23.8. The van der Waals surface area contributed by atoms with Crippen molar-refractivity contribution in [2.24, 2.45) is 4.99 Å². The number of aliphatic imine (C=N–C) groups is 1. The van der Waals surface area contributed by atoms with Gasteiger partial charge in [-0.25, -0.2) is 0 Å². The lowest BCUT2D eigenvalue weighted by molar-refractivity contribution is -0.137. The molecule has 2 atom stereocenters. The third kappa shape index (κ3) is 5.09. The summed E-state index contributed by atoms with van der Waals surface area (Å²) in [6, 6.07) is 18.2. The van der Waals surface area contributed by atoms with Crippen molar-refractivity contribution >= 4 is 5.71 Å². The molecule has 3 aromatic rings. The zero-order valence-electron chi connectivity index (χ0n) is 19.1. The van der Waals surface area contributed by atoms with Crippen molar-refractivity contribution in [1.29, 1.82) is 0 Å². The Hall–Kier alpha value is -3.32. The molecule has 0 saturated heterocycles. The molecule has 0 fully saturated rings. The van der Waals surface area contributed by atoms with Crippen molar-refractivity contribution in [3.63, 3.8) is 0 Å². The predicted octanol–water partition coefficient (Wildman–Crippen LogP) is 6.59. The molecule has 1 heterocycles. The Kier molecular flexibility index (Phi) is 6.93. The van der Waals surface area contributed by atoms with Crippen molar-refractivity contribution in [2.75, 3.05) is 6.61 Å². The largest absolute Gasteiger partial charge is 0.504 e. The molecule has 0 aromatic heterocycles. The van der Waals surface area contributed by atoms with Crippen LogP contribution in [0.25, 0.3) is 0 Å². The highest BCUT2D eigenvalue weighted by Gasteiger charge is 2.32. The number of ether oxygens (including phenoxy) is 1. The Morgan fingerprint density at radius 3 is 2.32 bits per heavy atom.